The van der Waals surface area contributed by atoms with Crippen molar-refractivity contribution >= 4 is 11.9 Å². The van der Waals surface area contributed by atoms with E-state index in [1.165, 1.54) is 12.1 Å². The third-order valence-corrected chi connectivity index (χ3v) is 7.16. The molecule has 0 radical (unpaired) electrons. The van der Waals surface area contributed by atoms with Gasteiger partial charge >= 0.3 is 11.9 Å². The van der Waals surface area contributed by atoms with Crippen molar-refractivity contribution in [2.45, 2.75) is 25.9 Å². The lowest BCUT2D eigenvalue weighted by molar-refractivity contribution is 0.0202. The third-order valence-electron chi connectivity index (χ3n) is 7.16. The van der Waals surface area contributed by atoms with Crippen molar-refractivity contribution in [3.63, 3.8) is 0 Å². The van der Waals surface area contributed by atoms with Gasteiger partial charge in [-0.2, -0.15) is 0 Å². The van der Waals surface area contributed by atoms with Gasteiger partial charge in [-0.3, -0.25) is 9.80 Å². The van der Waals surface area contributed by atoms with Gasteiger partial charge in [0, 0.05) is 64.4 Å². The summed E-state index contributed by atoms with van der Waals surface area (Å²) in [4.78, 5) is 36.1. The molecule has 12 heteroatoms. The number of benzene rings is 1. The van der Waals surface area contributed by atoms with Gasteiger partial charge in [0.1, 0.15) is 11.4 Å². The van der Waals surface area contributed by atoms with E-state index >= 15 is 0 Å². The summed E-state index contributed by atoms with van der Waals surface area (Å²) in [5.74, 6) is -1.68. The summed E-state index contributed by atoms with van der Waals surface area (Å²) in [5, 5.41) is 18.9. The fourth-order valence-electron chi connectivity index (χ4n) is 4.85. The van der Waals surface area contributed by atoms with Gasteiger partial charge < -0.3 is 29.2 Å². The Morgan fingerprint density at radius 2 is 1.31 bits per heavy atom. The van der Waals surface area contributed by atoms with Gasteiger partial charge in [0.05, 0.1) is 51.0 Å². The average molecular weight is 623 g/mol. The van der Waals surface area contributed by atoms with Crippen LogP contribution in [0.3, 0.4) is 0 Å². The summed E-state index contributed by atoms with van der Waals surface area (Å²) in [6.07, 6.45) is 1.49. The van der Waals surface area contributed by atoms with E-state index < -0.39 is 11.9 Å². The lowest BCUT2D eigenvalue weighted by atomic mass is 10.2. The standard InChI is InChI=1S/C33H42N4O8/c38-32(39)30-9-4-8-27(34-30)24-36-11-5-15-42-17-13-37(14-19-44-21-20-43-18-12-36)25-28-22-29(23-31(35-28)33(40)41)45-16-10-26-6-2-1-3-7-26/h1-4,6-9,22-23H,5,10-21,24-25H2,(H,38,39)(H,40,41). The molecule has 0 amide bonds. The first-order chi connectivity index (χ1) is 22.0. The Morgan fingerprint density at radius 1 is 0.689 bits per heavy atom. The number of carboxylic acids is 2. The lowest BCUT2D eigenvalue weighted by Crippen LogP contribution is -2.33. The summed E-state index contributed by atoms with van der Waals surface area (Å²) in [6, 6.07) is 18.2. The molecule has 3 aromatic rings. The summed E-state index contributed by atoms with van der Waals surface area (Å²) < 4.78 is 23.5. The Morgan fingerprint density at radius 3 is 2.00 bits per heavy atom. The van der Waals surface area contributed by atoms with E-state index in [1.54, 1.807) is 12.1 Å². The zero-order chi connectivity index (χ0) is 31.7. The van der Waals surface area contributed by atoms with Gasteiger partial charge in [0.2, 0.25) is 0 Å². The monoisotopic (exact) mass is 622 g/mol. The predicted molar refractivity (Wildman–Crippen MR) is 166 cm³/mol. The number of hydrogen-bond donors (Lipinski definition) is 2. The number of aromatic nitrogens is 2. The number of pyridine rings is 2. The van der Waals surface area contributed by atoms with Crippen LogP contribution in [0.1, 0.15) is 44.3 Å². The molecule has 4 rings (SSSR count). The quantitative estimate of drug-likeness (QED) is 0.343. The highest BCUT2D eigenvalue weighted by Gasteiger charge is 2.15. The number of hydrogen-bond acceptors (Lipinski definition) is 10. The highest BCUT2D eigenvalue weighted by Crippen LogP contribution is 2.17. The van der Waals surface area contributed by atoms with Gasteiger partial charge in [-0.1, -0.05) is 36.4 Å². The summed E-state index contributed by atoms with van der Waals surface area (Å²) in [6.45, 7) is 6.90. The van der Waals surface area contributed by atoms with Crippen LogP contribution in [0.25, 0.3) is 0 Å². The van der Waals surface area contributed by atoms with Crippen LogP contribution in [0.15, 0.2) is 60.7 Å². The van der Waals surface area contributed by atoms with Crippen LogP contribution in [-0.4, -0.2) is 114 Å². The summed E-state index contributed by atoms with van der Waals surface area (Å²) >= 11 is 0. The molecule has 2 aromatic heterocycles. The van der Waals surface area contributed by atoms with E-state index in [0.29, 0.717) is 103 Å². The van der Waals surface area contributed by atoms with Crippen LogP contribution >= 0.6 is 0 Å². The van der Waals surface area contributed by atoms with E-state index in [1.807, 2.05) is 36.4 Å². The molecule has 0 bridgehead atoms. The molecule has 1 saturated heterocycles. The van der Waals surface area contributed by atoms with Gasteiger partial charge in [-0.05, 0) is 24.1 Å². The van der Waals surface area contributed by atoms with Crippen molar-refractivity contribution in [3.8, 4) is 5.75 Å². The molecule has 1 aliphatic heterocycles. The fraction of sp³-hybridized carbons (Fsp3) is 0.455. The number of aromatic carboxylic acids is 2. The predicted octanol–water partition coefficient (Wildman–Crippen LogP) is 3.25. The van der Waals surface area contributed by atoms with Crippen LogP contribution in [0.5, 0.6) is 5.75 Å². The Hall–Kier alpha value is -3.94. The SMILES string of the molecule is O=C(O)c1cccc(CN2CCCOCCN(Cc3cc(OCCc4ccccc4)cc(C(=O)O)n3)CCOCCOCC2)n1. The molecule has 12 nitrogen and oxygen atoms in total. The van der Waals surface area contributed by atoms with Gasteiger partial charge in [-0.15, -0.1) is 0 Å². The second-order valence-corrected chi connectivity index (χ2v) is 10.6. The van der Waals surface area contributed by atoms with Crippen molar-refractivity contribution in [1.82, 2.24) is 19.8 Å². The van der Waals surface area contributed by atoms with Crippen LogP contribution in [-0.2, 0) is 33.7 Å². The maximum absolute atomic E-state index is 11.8. The minimum Gasteiger partial charge on any atom is -0.493 e. The molecule has 45 heavy (non-hydrogen) atoms. The molecule has 1 fully saturated rings. The van der Waals surface area contributed by atoms with E-state index in [0.717, 1.165) is 18.5 Å². The Labute approximate surface area is 263 Å². The summed E-state index contributed by atoms with van der Waals surface area (Å²) in [7, 11) is 0. The zero-order valence-electron chi connectivity index (χ0n) is 25.5. The molecule has 0 spiro atoms. The normalized spacial score (nSPS) is 16.6. The average Bonchev–Trinajstić information content (AvgIpc) is 3.03. The van der Waals surface area contributed by atoms with Crippen LogP contribution < -0.4 is 4.74 Å². The molecule has 0 saturated carbocycles. The lowest BCUT2D eigenvalue weighted by Gasteiger charge is -2.24. The van der Waals surface area contributed by atoms with Gasteiger partial charge in [-0.25, -0.2) is 19.6 Å². The number of carbonyl (C=O) groups is 2. The third kappa shape index (κ3) is 12.5. The minimum atomic E-state index is -1.11. The van der Waals surface area contributed by atoms with Crippen LogP contribution in [0.2, 0.25) is 0 Å². The highest BCUT2D eigenvalue weighted by atomic mass is 16.5. The number of carboxylic acid groups (broad SMARTS) is 2. The van der Waals surface area contributed by atoms with E-state index in [4.69, 9.17) is 18.9 Å². The molecule has 0 aliphatic carbocycles. The fourth-order valence-corrected chi connectivity index (χ4v) is 4.85. The second kappa shape index (κ2) is 18.8. The first-order valence-corrected chi connectivity index (χ1v) is 15.2. The Kier molecular flexibility index (Phi) is 14.2. The maximum Gasteiger partial charge on any atom is 0.354 e. The Bertz CT molecular complexity index is 1340. The highest BCUT2D eigenvalue weighted by molar-refractivity contribution is 5.86. The number of rotatable bonds is 10. The maximum atomic E-state index is 11.8. The first kappa shape index (κ1) is 33.9. The van der Waals surface area contributed by atoms with E-state index in [9.17, 15) is 19.8 Å². The topological polar surface area (TPSA) is 144 Å². The van der Waals surface area contributed by atoms with Crippen molar-refractivity contribution in [3.05, 3.63) is 89.0 Å². The second-order valence-electron chi connectivity index (χ2n) is 10.6. The number of nitrogens with zero attached hydrogens (tertiary/aromatic N) is 4. The molecule has 2 N–H and O–H groups in total. The molecule has 0 unspecified atom stereocenters. The molecule has 1 aliphatic rings. The van der Waals surface area contributed by atoms with Gasteiger partial charge in [0.25, 0.3) is 0 Å². The molecule has 242 valence electrons. The zero-order valence-corrected chi connectivity index (χ0v) is 25.5. The molecular formula is C33H42N4O8. The largest absolute Gasteiger partial charge is 0.493 e. The van der Waals surface area contributed by atoms with Crippen molar-refractivity contribution in [2.75, 3.05) is 72.4 Å². The van der Waals surface area contributed by atoms with E-state index in [2.05, 4.69) is 19.8 Å². The Balaban J connectivity index is 1.32. The van der Waals surface area contributed by atoms with Gasteiger partial charge in [0.15, 0.2) is 5.69 Å². The number of ether oxygens (including phenoxy) is 4. The minimum absolute atomic E-state index is 0.0277. The molecule has 1 aromatic carbocycles. The molecule has 3 heterocycles. The van der Waals surface area contributed by atoms with Crippen molar-refractivity contribution in [2.24, 2.45) is 0 Å². The summed E-state index contributed by atoms with van der Waals surface area (Å²) in [5.41, 5.74) is 2.40. The van der Waals surface area contributed by atoms with Crippen molar-refractivity contribution in [1.29, 1.82) is 0 Å². The van der Waals surface area contributed by atoms with Crippen LogP contribution in [0.4, 0.5) is 0 Å². The van der Waals surface area contributed by atoms with Crippen LogP contribution in [0, 0.1) is 0 Å². The smallest absolute Gasteiger partial charge is 0.354 e. The first-order valence-electron chi connectivity index (χ1n) is 15.2. The van der Waals surface area contributed by atoms with Crippen molar-refractivity contribution < 1.29 is 38.7 Å². The molecule has 0 atom stereocenters. The van der Waals surface area contributed by atoms with E-state index in [-0.39, 0.29) is 11.4 Å². The molecular weight excluding hydrogens is 580 g/mol.